The van der Waals surface area contributed by atoms with Crippen LogP contribution in [0.5, 0.6) is 0 Å². The van der Waals surface area contributed by atoms with Gasteiger partial charge in [-0.1, -0.05) is 19.3 Å². The predicted octanol–water partition coefficient (Wildman–Crippen LogP) is 1.08. The van der Waals surface area contributed by atoms with Crippen LogP contribution in [0, 0.1) is 0 Å². The SMILES string of the molecule is OC1(C2CO2)CCCCC1. The van der Waals surface area contributed by atoms with E-state index in [0.717, 1.165) is 19.4 Å². The van der Waals surface area contributed by atoms with E-state index in [4.69, 9.17) is 4.74 Å². The number of aliphatic hydroxyl groups is 1. The second-order valence-electron chi connectivity index (χ2n) is 3.49. The van der Waals surface area contributed by atoms with E-state index in [9.17, 15) is 5.11 Å². The number of ether oxygens (including phenoxy) is 1. The van der Waals surface area contributed by atoms with E-state index in [1.165, 1.54) is 19.3 Å². The molecule has 2 rings (SSSR count). The number of epoxide rings is 1. The highest BCUT2D eigenvalue weighted by atomic mass is 16.6. The van der Waals surface area contributed by atoms with Crippen molar-refractivity contribution in [3.63, 3.8) is 0 Å². The molecule has 1 saturated heterocycles. The summed E-state index contributed by atoms with van der Waals surface area (Å²) in [7, 11) is 0. The van der Waals surface area contributed by atoms with Crippen LogP contribution < -0.4 is 0 Å². The van der Waals surface area contributed by atoms with Gasteiger partial charge < -0.3 is 9.84 Å². The Hall–Kier alpha value is -0.0800. The second-order valence-corrected chi connectivity index (χ2v) is 3.49. The Kier molecular flexibility index (Phi) is 1.46. The van der Waals surface area contributed by atoms with Gasteiger partial charge in [-0.3, -0.25) is 0 Å². The molecule has 1 saturated carbocycles. The maximum atomic E-state index is 9.89. The van der Waals surface area contributed by atoms with Crippen LogP contribution in [0.2, 0.25) is 0 Å². The van der Waals surface area contributed by atoms with Crippen molar-refractivity contribution in [1.29, 1.82) is 0 Å². The molecule has 0 radical (unpaired) electrons. The van der Waals surface area contributed by atoms with Crippen molar-refractivity contribution in [3.8, 4) is 0 Å². The molecule has 0 spiro atoms. The van der Waals surface area contributed by atoms with Gasteiger partial charge in [-0.2, -0.15) is 0 Å². The van der Waals surface area contributed by atoms with Crippen LogP contribution in [0.4, 0.5) is 0 Å². The molecule has 2 heteroatoms. The Bertz CT molecular complexity index is 123. The van der Waals surface area contributed by atoms with Crippen molar-refractivity contribution in [2.45, 2.75) is 43.8 Å². The third kappa shape index (κ3) is 1.06. The fraction of sp³-hybridized carbons (Fsp3) is 1.00. The molecule has 1 unspecified atom stereocenters. The third-order valence-electron chi connectivity index (χ3n) is 2.65. The predicted molar refractivity (Wildman–Crippen MR) is 37.8 cm³/mol. The van der Waals surface area contributed by atoms with Gasteiger partial charge in [-0.05, 0) is 12.8 Å². The molecular formula is C8H14O2. The summed E-state index contributed by atoms with van der Waals surface area (Å²) in [6.07, 6.45) is 5.74. The Morgan fingerprint density at radius 3 is 2.30 bits per heavy atom. The fourth-order valence-electron chi connectivity index (χ4n) is 1.84. The van der Waals surface area contributed by atoms with Crippen LogP contribution in [0.15, 0.2) is 0 Å². The lowest BCUT2D eigenvalue weighted by atomic mass is 9.83. The molecule has 58 valence electrons. The summed E-state index contributed by atoms with van der Waals surface area (Å²) in [5.74, 6) is 0. The molecule has 0 bridgehead atoms. The molecule has 2 fully saturated rings. The standard InChI is InChI=1S/C8H14O2/c9-8(7-6-10-7)4-2-1-3-5-8/h7,9H,1-6H2. The van der Waals surface area contributed by atoms with Crippen LogP contribution >= 0.6 is 0 Å². The van der Waals surface area contributed by atoms with Crippen molar-refractivity contribution in [2.75, 3.05) is 6.61 Å². The molecule has 0 aromatic rings. The first-order valence-electron chi connectivity index (χ1n) is 4.15. The van der Waals surface area contributed by atoms with Gasteiger partial charge >= 0.3 is 0 Å². The summed E-state index contributed by atoms with van der Waals surface area (Å²) in [6, 6.07) is 0. The molecule has 1 atom stereocenters. The molecule has 1 aliphatic carbocycles. The van der Waals surface area contributed by atoms with Gasteiger partial charge in [-0.25, -0.2) is 0 Å². The summed E-state index contributed by atoms with van der Waals surface area (Å²) in [4.78, 5) is 0. The van der Waals surface area contributed by atoms with Gasteiger partial charge in [0, 0.05) is 0 Å². The first-order valence-corrected chi connectivity index (χ1v) is 4.15. The Morgan fingerprint density at radius 2 is 1.80 bits per heavy atom. The van der Waals surface area contributed by atoms with E-state index < -0.39 is 5.60 Å². The first-order chi connectivity index (χ1) is 4.81. The van der Waals surface area contributed by atoms with Crippen LogP contribution in [0.1, 0.15) is 32.1 Å². The van der Waals surface area contributed by atoms with E-state index in [-0.39, 0.29) is 6.10 Å². The molecule has 0 aromatic carbocycles. The minimum atomic E-state index is -0.432. The topological polar surface area (TPSA) is 32.8 Å². The van der Waals surface area contributed by atoms with Crippen molar-refractivity contribution >= 4 is 0 Å². The van der Waals surface area contributed by atoms with Gasteiger partial charge in [0.2, 0.25) is 0 Å². The quantitative estimate of drug-likeness (QED) is 0.556. The Labute approximate surface area is 61.2 Å². The van der Waals surface area contributed by atoms with Crippen LogP contribution in [-0.2, 0) is 4.74 Å². The molecular weight excluding hydrogens is 128 g/mol. The molecule has 0 amide bonds. The maximum Gasteiger partial charge on any atom is 0.110 e. The summed E-state index contributed by atoms with van der Waals surface area (Å²) >= 11 is 0. The highest BCUT2D eigenvalue weighted by Gasteiger charge is 2.45. The van der Waals surface area contributed by atoms with E-state index >= 15 is 0 Å². The second kappa shape index (κ2) is 2.21. The summed E-state index contributed by atoms with van der Waals surface area (Å²) in [6.45, 7) is 0.788. The van der Waals surface area contributed by atoms with E-state index in [1.54, 1.807) is 0 Å². The van der Waals surface area contributed by atoms with Gasteiger partial charge in [0.1, 0.15) is 6.10 Å². The fourth-order valence-corrected chi connectivity index (χ4v) is 1.84. The molecule has 1 aliphatic heterocycles. The third-order valence-corrected chi connectivity index (χ3v) is 2.65. The minimum absolute atomic E-state index is 0.188. The van der Waals surface area contributed by atoms with Crippen LogP contribution in [0.3, 0.4) is 0 Å². The van der Waals surface area contributed by atoms with Crippen molar-refractivity contribution in [1.82, 2.24) is 0 Å². The molecule has 10 heavy (non-hydrogen) atoms. The van der Waals surface area contributed by atoms with Crippen molar-refractivity contribution in [2.24, 2.45) is 0 Å². The van der Waals surface area contributed by atoms with Crippen LogP contribution in [0.25, 0.3) is 0 Å². The number of hydrogen-bond donors (Lipinski definition) is 1. The zero-order valence-electron chi connectivity index (χ0n) is 6.18. The lowest BCUT2D eigenvalue weighted by Gasteiger charge is -2.30. The zero-order chi connectivity index (χ0) is 7.03. The monoisotopic (exact) mass is 142 g/mol. The molecule has 1 N–H and O–H groups in total. The van der Waals surface area contributed by atoms with Gasteiger partial charge in [0.15, 0.2) is 0 Å². The molecule has 0 aromatic heterocycles. The number of rotatable bonds is 1. The molecule has 2 aliphatic rings. The Morgan fingerprint density at radius 1 is 1.20 bits per heavy atom. The van der Waals surface area contributed by atoms with E-state index in [2.05, 4.69) is 0 Å². The average molecular weight is 142 g/mol. The number of hydrogen-bond acceptors (Lipinski definition) is 2. The first kappa shape index (κ1) is 6.62. The van der Waals surface area contributed by atoms with Gasteiger partial charge in [-0.15, -0.1) is 0 Å². The van der Waals surface area contributed by atoms with Crippen molar-refractivity contribution in [3.05, 3.63) is 0 Å². The lowest BCUT2D eigenvalue weighted by Crippen LogP contribution is -2.37. The Balaban J connectivity index is 1.97. The zero-order valence-corrected chi connectivity index (χ0v) is 6.18. The largest absolute Gasteiger partial charge is 0.387 e. The summed E-state index contributed by atoms with van der Waals surface area (Å²) in [5, 5.41) is 9.89. The summed E-state index contributed by atoms with van der Waals surface area (Å²) in [5.41, 5.74) is -0.432. The van der Waals surface area contributed by atoms with Crippen LogP contribution in [-0.4, -0.2) is 23.4 Å². The van der Waals surface area contributed by atoms with Gasteiger partial charge in [0.05, 0.1) is 12.2 Å². The highest BCUT2D eigenvalue weighted by Crippen LogP contribution is 2.37. The smallest absolute Gasteiger partial charge is 0.110 e. The van der Waals surface area contributed by atoms with Gasteiger partial charge in [0.25, 0.3) is 0 Å². The summed E-state index contributed by atoms with van der Waals surface area (Å²) < 4.78 is 5.10. The van der Waals surface area contributed by atoms with E-state index in [0.29, 0.717) is 0 Å². The molecule has 1 heterocycles. The average Bonchev–Trinajstić information content (AvgIpc) is 2.69. The normalized spacial score (nSPS) is 37.5. The highest BCUT2D eigenvalue weighted by molar-refractivity contribution is 4.95. The molecule has 2 nitrogen and oxygen atoms in total. The lowest BCUT2D eigenvalue weighted by molar-refractivity contribution is -0.0204. The van der Waals surface area contributed by atoms with Crippen molar-refractivity contribution < 1.29 is 9.84 Å². The maximum absolute atomic E-state index is 9.89. The minimum Gasteiger partial charge on any atom is -0.387 e. The van der Waals surface area contributed by atoms with E-state index in [1.807, 2.05) is 0 Å².